The average Bonchev–Trinajstić information content (AvgIpc) is 2.41. The SMILES string of the molecule is CC(=O)Nc1cc(F)cc(NC2CCC(=O)NC2=O)c1.O=CO. The number of piperidine rings is 1. The number of carbonyl (C=O) groups excluding carboxylic acids is 3. The fourth-order valence-electron chi connectivity index (χ4n) is 1.98. The highest BCUT2D eigenvalue weighted by Crippen LogP contribution is 2.20. The van der Waals surface area contributed by atoms with Gasteiger partial charge in [-0.2, -0.15) is 0 Å². The molecular weight excluding hydrogens is 309 g/mol. The number of halogens is 1. The number of anilines is 2. The zero-order valence-electron chi connectivity index (χ0n) is 12.3. The first-order chi connectivity index (χ1) is 10.8. The van der Waals surface area contributed by atoms with Gasteiger partial charge in [0.2, 0.25) is 17.7 Å². The van der Waals surface area contributed by atoms with E-state index in [-0.39, 0.29) is 24.7 Å². The maximum Gasteiger partial charge on any atom is 0.290 e. The van der Waals surface area contributed by atoms with Crippen LogP contribution < -0.4 is 16.0 Å². The van der Waals surface area contributed by atoms with E-state index in [9.17, 15) is 18.8 Å². The minimum atomic E-state index is -0.598. The molecule has 0 bridgehead atoms. The molecule has 1 fully saturated rings. The normalized spacial score (nSPS) is 16.5. The molecule has 2 rings (SSSR count). The van der Waals surface area contributed by atoms with Gasteiger partial charge in [-0.1, -0.05) is 0 Å². The number of rotatable bonds is 3. The number of amides is 3. The summed E-state index contributed by atoms with van der Waals surface area (Å²) in [5, 5.41) is 14.4. The summed E-state index contributed by atoms with van der Waals surface area (Å²) in [7, 11) is 0. The summed E-state index contributed by atoms with van der Waals surface area (Å²) in [6.45, 7) is 1.07. The zero-order valence-corrected chi connectivity index (χ0v) is 12.3. The number of carboxylic acid groups (broad SMARTS) is 1. The van der Waals surface area contributed by atoms with Crippen molar-refractivity contribution in [2.45, 2.75) is 25.8 Å². The van der Waals surface area contributed by atoms with Crippen LogP contribution in [0.25, 0.3) is 0 Å². The maximum absolute atomic E-state index is 13.4. The van der Waals surface area contributed by atoms with Crippen molar-refractivity contribution in [1.29, 1.82) is 0 Å². The van der Waals surface area contributed by atoms with Gasteiger partial charge >= 0.3 is 0 Å². The third-order valence-corrected chi connectivity index (χ3v) is 2.80. The van der Waals surface area contributed by atoms with Crippen LogP contribution in [-0.4, -0.2) is 35.3 Å². The molecule has 1 saturated heterocycles. The van der Waals surface area contributed by atoms with E-state index in [1.54, 1.807) is 0 Å². The third kappa shape index (κ3) is 6.12. The predicted molar refractivity (Wildman–Crippen MR) is 79.2 cm³/mol. The Hall–Kier alpha value is -2.97. The van der Waals surface area contributed by atoms with Gasteiger partial charge in [0, 0.05) is 24.7 Å². The number of carbonyl (C=O) groups is 4. The van der Waals surface area contributed by atoms with Crippen molar-refractivity contribution < 1.29 is 28.7 Å². The lowest BCUT2D eigenvalue weighted by atomic mass is 10.1. The Kier molecular flexibility index (Phi) is 6.66. The van der Waals surface area contributed by atoms with Crippen molar-refractivity contribution in [3.05, 3.63) is 24.0 Å². The topological polar surface area (TPSA) is 125 Å². The van der Waals surface area contributed by atoms with Crippen molar-refractivity contribution in [2.24, 2.45) is 0 Å². The molecule has 1 aromatic carbocycles. The Balaban J connectivity index is 0.000000816. The second kappa shape index (κ2) is 8.47. The van der Waals surface area contributed by atoms with Crippen LogP contribution >= 0.6 is 0 Å². The van der Waals surface area contributed by atoms with Crippen LogP contribution in [0.15, 0.2) is 18.2 Å². The molecule has 9 heteroatoms. The number of imide groups is 1. The minimum absolute atomic E-state index is 0.233. The zero-order chi connectivity index (χ0) is 17.4. The summed E-state index contributed by atoms with van der Waals surface area (Å²) >= 11 is 0. The molecule has 0 spiro atoms. The van der Waals surface area contributed by atoms with Crippen LogP contribution in [0.2, 0.25) is 0 Å². The van der Waals surface area contributed by atoms with Crippen LogP contribution in [0, 0.1) is 5.82 Å². The van der Waals surface area contributed by atoms with E-state index in [4.69, 9.17) is 9.90 Å². The van der Waals surface area contributed by atoms with Crippen LogP contribution in [0.4, 0.5) is 15.8 Å². The second-order valence-electron chi connectivity index (χ2n) is 4.66. The molecule has 0 aliphatic carbocycles. The molecule has 0 saturated carbocycles. The Labute approximate surface area is 131 Å². The molecule has 1 aliphatic heterocycles. The highest BCUT2D eigenvalue weighted by molar-refractivity contribution is 6.01. The van der Waals surface area contributed by atoms with E-state index in [1.807, 2.05) is 0 Å². The predicted octanol–water partition coefficient (Wildman–Crippen LogP) is 0.702. The van der Waals surface area contributed by atoms with Gasteiger partial charge in [0.25, 0.3) is 6.47 Å². The molecule has 0 aromatic heterocycles. The lowest BCUT2D eigenvalue weighted by Crippen LogP contribution is -2.47. The van der Waals surface area contributed by atoms with Crippen LogP contribution in [0.5, 0.6) is 0 Å². The molecule has 0 radical (unpaired) electrons. The van der Waals surface area contributed by atoms with Crippen LogP contribution in [-0.2, 0) is 19.2 Å². The van der Waals surface area contributed by atoms with Gasteiger partial charge in [-0.3, -0.25) is 24.5 Å². The highest BCUT2D eigenvalue weighted by atomic mass is 19.1. The Morgan fingerprint density at radius 2 is 1.96 bits per heavy atom. The van der Waals surface area contributed by atoms with Crippen LogP contribution in [0.1, 0.15) is 19.8 Å². The third-order valence-electron chi connectivity index (χ3n) is 2.80. The van der Waals surface area contributed by atoms with E-state index in [1.165, 1.54) is 25.1 Å². The van der Waals surface area contributed by atoms with E-state index in [0.29, 0.717) is 17.8 Å². The van der Waals surface area contributed by atoms with E-state index in [2.05, 4.69) is 16.0 Å². The van der Waals surface area contributed by atoms with Crippen molar-refractivity contribution in [1.82, 2.24) is 5.32 Å². The smallest absolute Gasteiger partial charge is 0.290 e. The lowest BCUT2D eigenvalue weighted by molar-refractivity contribution is -0.133. The summed E-state index contributed by atoms with van der Waals surface area (Å²) < 4.78 is 13.4. The maximum atomic E-state index is 13.4. The monoisotopic (exact) mass is 325 g/mol. The quantitative estimate of drug-likeness (QED) is 0.479. The molecule has 8 nitrogen and oxygen atoms in total. The first-order valence-electron chi connectivity index (χ1n) is 6.62. The van der Waals surface area contributed by atoms with E-state index < -0.39 is 17.8 Å². The van der Waals surface area contributed by atoms with Crippen molar-refractivity contribution in [3.8, 4) is 0 Å². The molecule has 1 unspecified atom stereocenters. The van der Waals surface area contributed by atoms with Gasteiger partial charge in [-0.25, -0.2) is 4.39 Å². The molecule has 1 aromatic rings. The molecule has 3 amide bonds. The summed E-state index contributed by atoms with van der Waals surface area (Å²) in [6, 6.07) is 3.32. The molecule has 1 heterocycles. The van der Waals surface area contributed by atoms with E-state index in [0.717, 1.165) is 0 Å². The van der Waals surface area contributed by atoms with Crippen LogP contribution in [0.3, 0.4) is 0 Å². The summed E-state index contributed by atoms with van der Waals surface area (Å²) in [6.07, 6.45) is 0.577. The Bertz CT molecular complexity index is 620. The number of hydrogen-bond donors (Lipinski definition) is 4. The Morgan fingerprint density at radius 3 is 2.52 bits per heavy atom. The second-order valence-corrected chi connectivity index (χ2v) is 4.66. The van der Waals surface area contributed by atoms with Gasteiger partial charge in [-0.15, -0.1) is 0 Å². The largest absolute Gasteiger partial charge is 0.483 e. The first-order valence-corrected chi connectivity index (χ1v) is 6.62. The molecule has 1 aliphatic rings. The van der Waals surface area contributed by atoms with Crippen molar-refractivity contribution >= 4 is 35.6 Å². The van der Waals surface area contributed by atoms with Gasteiger partial charge in [0.05, 0.1) is 0 Å². The minimum Gasteiger partial charge on any atom is -0.483 e. The molecule has 1 atom stereocenters. The molecule has 23 heavy (non-hydrogen) atoms. The Morgan fingerprint density at radius 1 is 1.35 bits per heavy atom. The number of nitrogens with one attached hydrogen (secondary N) is 3. The number of benzene rings is 1. The highest BCUT2D eigenvalue weighted by Gasteiger charge is 2.26. The summed E-state index contributed by atoms with van der Waals surface area (Å²) in [4.78, 5) is 42.0. The van der Waals surface area contributed by atoms with Gasteiger partial charge < -0.3 is 15.7 Å². The lowest BCUT2D eigenvalue weighted by Gasteiger charge is -2.23. The van der Waals surface area contributed by atoms with Gasteiger partial charge in [0.1, 0.15) is 11.9 Å². The van der Waals surface area contributed by atoms with Gasteiger partial charge in [0.15, 0.2) is 0 Å². The average molecular weight is 325 g/mol. The van der Waals surface area contributed by atoms with Crippen molar-refractivity contribution in [3.63, 3.8) is 0 Å². The summed E-state index contributed by atoms with van der Waals surface area (Å²) in [5.74, 6) is -1.61. The molecule has 4 N–H and O–H groups in total. The molecular formula is C14H16FN3O5. The number of hydrogen-bond acceptors (Lipinski definition) is 5. The van der Waals surface area contributed by atoms with E-state index >= 15 is 0 Å². The van der Waals surface area contributed by atoms with Crippen molar-refractivity contribution in [2.75, 3.05) is 10.6 Å². The molecule has 124 valence electrons. The van der Waals surface area contributed by atoms with Gasteiger partial charge in [-0.05, 0) is 24.6 Å². The first kappa shape index (κ1) is 18.1. The fraction of sp³-hybridized carbons (Fsp3) is 0.286. The standard InChI is InChI=1S/C13H14FN3O3.CH2O2/c1-7(18)15-9-4-8(14)5-10(6-9)16-11-2-3-12(19)17-13(11)20;2-1-3/h4-6,11,16H,2-3H2,1H3,(H,15,18)(H,17,19,20);1H,(H,2,3). The fourth-order valence-corrected chi connectivity index (χ4v) is 1.98. The summed E-state index contributed by atoms with van der Waals surface area (Å²) in [5.41, 5.74) is 0.663.